The topological polar surface area (TPSA) is 105 Å². The summed E-state index contributed by atoms with van der Waals surface area (Å²) in [6.45, 7) is 5.38. The highest BCUT2D eigenvalue weighted by atomic mass is 35.5. The Morgan fingerprint density at radius 3 is 2.62 bits per heavy atom. The molecule has 0 saturated carbocycles. The van der Waals surface area contributed by atoms with Gasteiger partial charge in [-0.05, 0) is 31.0 Å². The number of hydrogen-bond acceptors (Lipinski definition) is 5. The Labute approximate surface area is 154 Å². The fourth-order valence-corrected chi connectivity index (χ4v) is 2.83. The molecule has 0 saturated heterocycles. The summed E-state index contributed by atoms with van der Waals surface area (Å²) in [4.78, 5) is 39.9. The number of rotatable bonds is 6. The molecular weight excluding hydrogens is 358 g/mol. The SMILES string of the molecule is CCOCn1c(C(=O)c2cc(Cl)cc(C#N)c2)c(C(C)C)c(=O)[nH]c1=O. The summed E-state index contributed by atoms with van der Waals surface area (Å²) in [5, 5.41) is 9.30. The van der Waals surface area contributed by atoms with E-state index in [2.05, 4.69) is 4.98 Å². The van der Waals surface area contributed by atoms with Crippen LogP contribution in [0.1, 0.15) is 53.9 Å². The predicted octanol–water partition coefficient (Wildman–Crippen LogP) is 2.41. The summed E-state index contributed by atoms with van der Waals surface area (Å²) in [6, 6.07) is 6.11. The zero-order valence-corrected chi connectivity index (χ0v) is 15.4. The zero-order chi connectivity index (χ0) is 19.4. The van der Waals surface area contributed by atoms with Gasteiger partial charge in [-0.1, -0.05) is 25.4 Å². The van der Waals surface area contributed by atoms with Gasteiger partial charge in [-0.15, -0.1) is 0 Å². The first-order valence-electron chi connectivity index (χ1n) is 8.00. The predicted molar refractivity (Wildman–Crippen MR) is 96.6 cm³/mol. The molecule has 0 atom stereocenters. The fraction of sp³-hybridized carbons (Fsp3) is 0.333. The summed E-state index contributed by atoms with van der Waals surface area (Å²) in [5.41, 5.74) is -0.926. The van der Waals surface area contributed by atoms with Gasteiger partial charge in [-0.3, -0.25) is 19.1 Å². The highest BCUT2D eigenvalue weighted by molar-refractivity contribution is 6.31. The maximum absolute atomic E-state index is 13.1. The van der Waals surface area contributed by atoms with Crippen LogP contribution in [0, 0.1) is 11.3 Å². The molecule has 0 amide bonds. The van der Waals surface area contributed by atoms with E-state index in [0.717, 1.165) is 4.57 Å². The number of aromatic amines is 1. The standard InChI is InChI=1S/C18H18ClN3O4/c1-4-26-9-22-15(14(10(2)3)17(24)21-18(22)25)16(23)12-5-11(8-20)6-13(19)7-12/h5-7,10H,4,9H2,1-3H3,(H,21,24,25). The van der Waals surface area contributed by atoms with E-state index >= 15 is 0 Å². The Kier molecular flexibility index (Phi) is 6.14. The summed E-state index contributed by atoms with van der Waals surface area (Å²) in [5.74, 6) is -0.892. The Morgan fingerprint density at radius 1 is 1.35 bits per heavy atom. The molecule has 0 bridgehead atoms. The third-order valence-electron chi connectivity index (χ3n) is 3.74. The number of ketones is 1. The lowest BCUT2D eigenvalue weighted by molar-refractivity contribution is 0.0783. The van der Waals surface area contributed by atoms with Crippen LogP contribution >= 0.6 is 11.6 Å². The van der Waals surface area contributed by atoms with E-state index in [4.69, 9.17) is 21.6 Å². The molecule has 0 aliphatic heterocycles. The number of ether oxygens (including phenoxy) is 1. The highest BCUT2D eigenvalue weighted by Crippen LogP contribution is 2.21. The Hall–Kier alpha value is -2.69. The number of nitrogens with zero attached hydrogens (tertiary/aromatic N) is 2. The molecule has 2 rings (SSSR count). The van der Waals surface area contributed by atoms with Crippen LogP contribution in [0.3, 0.4) is 0 Å². The van der Waals surface area contributed by atoms with Crippen molar-refractivity contribution in [3.8, 4) is 6.07 Å². The molecule has 136 valence electrons. The number of hydrogen-bond donors (Lipinski definition) is 1. The van der Waals surface area contributed by atoms with E-state index < -0.39 is 17.0 Å². The lowest BCUT2D eigenvalue weighted by Gasteiger charge is -2.17. The van der Waals surface area contributed by atoms with Crippen molar-refractivity contribution in [2.24, 2.45) is 0 Å². The molecule has 0 unspecified atom stereocenters. The molecule has 1 aromatic carbocycles. The summed E-state index contributed by atoms with van der Waals surface area (Å²) in [7, 11) is 0. The summed E-state index contributed by atoms with van der Waals surface area (Å²) >= 11 is 5.98. The third-order valence-corrected chi connectivity index (χ3v) is 3.96. The fourth-order valence-electron chi connectivity index (χ4n) is 2.59. The van der Waals surface area contributed by atoms with Crippen molar-refractivity contribution in [3.63, 3.8) is 0 Å². The molecule has 8 heteroatoms. The minimum atomic E-state index is -0.737. The van der Waals surface area contributed by atoms with Gasteiger partial charge in [-0.2, -0.15) is 5.26 Å². The van der Waals surface area contributed by atoms with Gasteiger partial charge in [0.25, 0.3) is 5.56 Å². The smallest absolute Gasteiger partial charge is 0.330 e. The molecule has 0 aliphatic carbocycles. The van der Waals surface area contributed by atoms with Crippen molar-refractivity contribution in [2.45, 2.75) is 33.4 Å². The average Bonchev–Trinajstić information content (AvgIpc) is 2.58. The average molecular weight is 376 g/mol. The highest BCUT2D eigenvalue weighted by Gasteiger charge is 2.25. The molecule has 0 spiro atoms. The zero-order valence-electron chi connectivity index (χ0n) is 14.6. The lowest BCUT2D eigenvalue weighted by atomic mass is 9.96. The molecule has 26 heavy (non-hydrogen) atoms. The molecule has 2 aromatic rings. The Morgan fingerprint density at radius 2 is 2.04 bits per heavy atom. The number of benzene rings is 1. The van der Waals surface area contributed by atoms with Gasteiger partial charge in [0.15, 0.2) is 0 Å². The van der Waals surface area contributed by atoms with Crippen LogP contribution in [-0.2, 0) is 11.5 Å². The van der Waals surface area contributed by atoms with Crippen LogP contribution in [0.5, 0.6) is 0 Å². The summed E-state index contributed by atoms with van der Waals surface area (Å²) in [6.07, 6.45) is 0. The molecular formula is C18H18ClN3O4. The Bertz CT molecular complexity index is 999. The number of nitriles is 1. The molecule has 0 radical (unpaired) electrons. The van der Waals surface area contributed by atoms with E-state index in [-0.39, 0.29) is 40.1 Å². The molecule has 1 heterocycles. The van der Waals surface area contributed by atoms with E-state index in [1.54, 1.807) is 20.8 Å². The minimum Gasteiger partial charge on any atom is -0.361 e. The first-order valence-corrected chi connectivity index (χ1v) is 8.38. The largest absolute Gasteiger partial charge is 0.361 e. The van der Waals surface area contributed by atoms with E-state index in [1.165, 1.54) is 18.2 Å². The normalized spacial score (nSPS) is 10.8. The quantitative estimate of drug-likeness (QED) is 0.780. The van der Waals surface area contributed by atoms with Gasteiger partial charge in [0.2, 0.25) is 5.78 Å². The van der Waals surface area contributed by atoms with Gasteiger partial charge < -0.3 is 4.74 Å². The van der Waals surface area contributed by atoms with Gasteiger partial charge in [0.05, 0.1) is 11.6 Å². The van der Waals surface area contributed by atoms with Crippen molar-refractivity contribution >= 4 is 17.4 Å². The Balaban J connectivity index is 2.79. The van der Waals surface area contributed by atoms with Gasteiger partial charge in [-0.25, -0.2) is 4.79 Å². The monoisotopic (exact) mass is 375 g/mol. The minimum absolute atomic E-state index is 0.0617. The van der Waals surface area contributed by atoms with Crippen LogP contribution in [0.25, 0.3) is 0 Å². The van der Waals surface area contributed by atoms with Gasteiger partial charge in [0, 0.05) is 22.8 Å². The van der Waals surface area contributed by atoms with Crippen LogP contribution in [0.4, 0.5) is 0 Å². The molecule has 1 aromatic heterocycles. The van der Waals surface area contributed by atoms with E-state index in [1.807, 2.05) is 6.07 Å². The molecule has 0 aliphatic rings. The second-order valence-electron chi connectivity index (χ2n) is 5.90. The second kappa shape index (κ2) is 8.13. The summed E-state index contributed by atoms with van der Waals surface area (Å²) < 4.78 is 6.37. The van der Waals surface area contributed by atoms with Crippen molar-refractivity contribution < 1.29 is 9.53 Å². The van der Waals surface area contributed by atoms with Crippen molar-refractivity contribution in [1.29, 1.82) is 5.26 Å². The van der Waals surface area contributed by atoms with Gasteiger partial charge >= 0.3 is 5.69 Å². The van der Waals surface area contributed by atoms with E-state index in [0.29, 0.717) is 6.61 Å². The number of aromatic nitrogens is 2. The van der Waals surface area contributed by atoms with Crippen molar-refractivity contribution in [2.75, 3.05) is 6.61 Å². The van der Waals surface area contributed by atoms with Crippen LogP contribution in [0.2, 0.25) is 5.02 Å². The first-order chi connectivity index (χ1) is 12.3. The number of carbonyl (C=O) groups is 1. The first kappa shape index (κ1) is 19.6. The third kappa shape index (κ3) is 3.93. The van der Waals surface area contributed by atoms with Crippen LogP contribution < -0.4 is 11.2 Å². The van der Waals surface area contributed by atoms with Crippen LogP contribution in [0.15, 0.2) is 27.8 Å². The molecule has 7 nitrogen and oxygen atoms in total. The van der Waals surface area contributed by atoms with Crippen LogP contribution in [-0.4, -0.2) is 21.9 Å². The van der Waals surface area contributed by atoms with E-state index in [9.17, 15) is 14.4 Å². The maximum atomic E-state index is 13.1. The molecule has 0 fully saturated rings. The number of H-pyrrole nitrogens is 1. The van der Waals surface area contributed by atoms with Crippen molar-refractivity contribution in [1.82, 2.24) is 9.55 Å². The molecule has 1 N–H and O–H groups in total. The van der Waals surface area contributed by atoms with Crippen molar-refractivity contribution in [3.05, 3.63) is 66.4 Å². The lowest BCUT2D eigenvalue weighted by Crippen LogP contribution is -2.38. The number of halogens is 1. The maximum Gasteiger partial charge on any atom is 0.330 e. The number of carbonyl (C=O) groups excluding carboxylic acids is 1. The second-order valence-corrected chi connectivity index (χ2v) is 6.33. The van der Waals surface area contributed by atoms with Gasteiger partial charge in [0.1, 0.15) is 12.4 Å². The number of nitrogens with one attached hydrogen (secondary N) is 1.